The maximum absolute atomic E-state index is 5.88. The molecule has 0 unspecified atom stereocenters. The van der Waals surface area contributed by atoms with Crippen LogP contribution >= 0.6 is 11.3 Å². The van der Waals surface area contributed by atoms with Crippen molar-refractivity contribution in [3.05, 3.63) is 59.6 Å². The zero-order chi connectivity index (χ0) is 18.2. The highest BCUT2D eigenvalue weighted by molar-refractivity contribution is 7.16. The molecule has 0 saturated heterocycles. The molecule has 0 N–H and O–H groups in total. The molecular formula is C19H14N4O3S. The molecule has 0 spiro atoms. The molecule has 2 aromatic carbocycles. The number of aromatic nitrogens is 4. The zero-order valence-electron chi connectivity index (χ0n) is 14.3. The Morgan fingerprint density at radius 2 is 1.85 bits per heavy atom. The number of para-hydroxylation sites is 3. The van der Waals surface area contributed by atoms with Gasteiger partial charge in [0, 0.05) is 5.39 Å². The van der Waals surface area contributed by atoms with E-state index in [1.54, 1.807) is 11.6 Å². The number of rotatable bonds is 5. The van der Waals surface area contributed by atoms with Crippen molar-refractivity contribution >= 4 is 27.3 Å². The minimum absolute atomic E-state index is 0.313. The van der Waals surface area contributed by atoms with Gasteiger partial charge in [-0.15, -0.1) is 10.2 Å². The van der Waals surface area contributed by atoms with E-state index in [-0.39, 0.29) is 0 Å². The average Bonchev–Trinajstić information content (AvgIpc) is 3.39. The van der Waals surface area contributed by atoms with Gasteiger partial charge in [-0.1, -0.05) is 41.7 Å². The van der Waals surface area contributed by atoms with Crippen molar-refractivity contribution < 1.29 is 13.9 Å². The molecule has 0 aliphatic heterocycles. The molecule has 8 heteroatoms. The van der Waals surface area contributed by atoms with Crippen molar-refractivity contribution in [2.24, 2.45) is 0 Å². The van der Waals surface area contributed by atoms with Crippen molar-refractivity contribution in [1.82, 2.24) is 19.8 Å². The van der Waals surface area contributed by atoms with Gasteiger partial charge in [-0.25, -0.2) is 0 Å². The van der Waals surface area contributed by atoms with Crippen LogP contribution in [0.3, 0.4) is 0 Å². The van der Waals surface area contributed by atoms with Crippen LogP contribution in [0.1, 0.15) is 5.01 Å². The van der Waals surface area contributed by atoms with Crippen LogP contribution in [0.2, 0.25) is 0 Å². The van der Waals surface area contributed by atoms with Crippen molar-refractivity contribution in [3.8, 4) is 23.1 Å². The molecule has 3 heterocycles. The highest BCUT2D eigenvalue weighted by Crippen LogP contribution is 2.29. The van der Waals surface area contributed by atoms with E-state index in [0.29, 0.717) is 34.7 Å². The fraction of sp³-hybridized carbons (Fsp3) is 0.105. The Morgan fingerprint density at radius 1 is 1.04 bits per heavy atom. The fourth-order valence-corrected chi connectivity index (χ4v) is 3.58. The van der Waals surface area contributed by atoms with Gasteiger partial charge >= 0.3 is 0 Å². The standard InChI is InChI=1S/C19H14N4O3S/c1-24-14-8-4-5-9-15(14)25-11-17-22-23-18(20-21-19(23)27-17)16-10-12-6-2-3-7-13(12)26-16/h2-10H,11H2,1H3. The maximum Gasteiger partial charge on any atom is 0.235 e. The van der Waals surface area contributed by atoms with E-state index in [1.165, 1.54) is 11.3 Å². The Labute approximate surface area is 157 Å². The van der Waals surface area contributed by atoms with E-state index in [2.05, 4.69) is 15.3 Å². The summed E-state index contributed by atoms with van der Waals surface area (Å²) < 4.78 is 18.7. The summed E-state index contributed by atoms with van der Waals surface area (Å²) in [5.74, 6) is 2.55. The van der Waals surface area contributed by atoms with Crippen molar-refractivity contribution in [2.75, 3.05) is 7.11 Å². The number of methoxy groups -OCH3 is 1. The fourth-order valence-electron chi connectivity index (χ4n) is 2.84. The number of furan rings is 1. The first-order valence-corrected chi connectivity index (χ1v) is 9.09. The minimum atomic E-state index is 0.313. The van der Waals surface area contributed by atoms with Crippen LogP contribution in [-0.2, 0) is 6.61 Å². The van der Waals surface area contributed by atoms with Crippen LogP contribution in [0.5, 0.6) is 11.5 Å². The van der Waals surface area contributed by atoms with E-state index in [1.807, 2.05) is 54.6 Å². The third kappa shape index (κ3) is 2.80. The third-order valence-corrected chi connectivity index (χ3v) is 4.97. The molecule has 27 heavy (non-hydrogen) atoms. The molecule has 0 saturated carbocycles. The highest BCUT2D eigenvalue weighted by atomic mass is 32.1. The molecule has 0 radical (unpaired) electrons. The molecule has 134 valence electrons. The van der Waals surface area contributed by atoms with Crippen LogP contribution in [0.4, 0.5) is 0 Å². The second kappa shape index (κ2) is 6.40. The Kier molecular flexibility index (Phi) is 3.75. The van der Waals surface area contributed by atoms with Crippen molar-refractivity contribution in [1.29, 1.82) is 0 Å². The van der Waals surface area contributed by atoms with Gasteiger partial charge in [-0.3, -0.25) is 0 Å². The van der Waals surface area contributed by atoms with Crippen LogP contribution in [0.25, 0.3) is 27.5 Å². The van der Waals surface area contributed by atoms with Gasteiger partial charge in [0.15, 0.2) is 22.3 Å². The lowest BCUT2D eigenvalue weighted by molar-refractivity contribution is 0.283. The SMILES string of the molecule is COc1ccccc1OCc1nn2c(-c3cc4ccccc4o3)nnc2s1. The van der Waals surface area contributed by atoms with Gasteiger partial charge in [-0.05, 0) is 24.3 Å². The summed E-state index contributed by atoms with van der Waals surface area (Å²) in [6.45, 7) is 0.313. The van der Waals surface area contributed by atoms with Crippen molar-refractivity contribution in [2.45, 2.75) is 6.61 Å². The summed E-state index contributed by atoms with van der Waals surface area (Å²) in [6.07, 6.45) is 0. The molecule has 0 amide bonds. The number of fused-ring (bicyclic) bond motifs is 2. The quantitative estimate of drug-likeness (QED) is 0.457. The van der Waals surface area contributed by atoms with E-state index in [4.69, 9.17) is 13.9 Å². The van der Waals surface area contributed by atoms with Crippen LogP contribution in [0.15, 0.2) is 59.0 Å². The Hall–Kier alpha value is -3.39. The summed E-state index contributed by atoms with van der Waals surface area (Å²) in [5, 5.41) is 14.8. The molecule has 5 aromatic rings. The first kappa shape index (κ1) is 15.8. The molecule has 0 aliphatic rings. The summed E-state index contributed by atoms with van der Waals surface area (Å²) in [6, 6.07) is 17.3. The molecule has 0 aliphatic carbocycles. The molecule has 0 atom stereocenters. The van der Waals surface area contributed by atoms with Crippen molar-refractivity contribution in [3.63, 3.8) is 0 Å². The summed E-state index contributed by atoms with van der Waals surface area (Å²) >= 11 is 1.42. The Balaban J connectivity index is 1.44. The normalized spacial score (nSPS) is 11.3. The van der Waals surface area contributed by atoms with E-state index < -0.39 is 0 Å². The highest BCUT2D eigenvalue weighted by Gasteiger charge is 2.17. The second-order valence-electron chi connectivity index (χ2n) is 5.80. The predicted octanol–water partition coefficient (Wildman–Crippen LogP) is 4.19. The summed E-state index contributed by atoms with van der Waals surface area (Å²) in [4.78, 5) is 0.684. The zero-order valence-corrected chi connectivity index (χ0v) is 15.1. The van der Waals surface area contributed by atoms with Gasteiger partial charge in [0.25, 0.3) is 0 Å². The van der Waals surface area contributed by atoms with E-state index in [9.17, 15) is 0 Å². The lowest BCUT2D eigenvalue weighted by Crippen LogP contribution is -1.98. The third-order valence-electron chi connectivity index (χ3n) is 4.10. The van der Waals surface area contributed by atoms with Gasteiger partial charge in [0.1, 0.15) is 12.2 Å². The second-order valence-corrected chi connectivity index (χ2v) is 6.84. The number of benzene rings is 2. The Morgan fingerprint density at radius 3 is 2.70 bits per heavy atom. The molecule has 0 fully saturated rings. The molecular weight excluding hydrogens is 364 g/mol. The predicted molar refractivity (Wildman–Crippen MR) is 101 cm³/mol. The lowest BCUT2D eigenvalue weighted by atomic mass is 10.2. The van der Waals surface area contributed by atoms with Gasteiger partial charge in [0.2, 0.25) is 10.8 Å². The summed E-state index contributed by atoms with van der Waals surface area (Å²) in [5.41, 5.74) is 0.805. The molecule has 5 rings (SSSR count). The number of hydrogen-bond acceptors (Lipinski definition) is 7. The largest absolute Gasteiger partial charge is 0.493 e. The first-order valence-electron chi connectivity index (χ1n) is 8.28. The number of nitrogens with zero attached hydrogens (tertiary/aromatic N) is 4. The smallest absolute Gasteiger partial charge is 0.235 e. The van der Waals surface area contributed by atoms with Crippen LogP contribution < -0.4 is 9.47 Å². The van der Waals surface area contributed by atoms with E-state index in [0.717, 1.165) is 16.0 Å². The van der Waals surface area contributed by atoms with Gasteiger partial charge < -0.3 is 13.9 Å². The lowest BCUT2D eigenvalue weighted by Gasteiger charge is -2.08. The number of ether oxygens (including phenoxy) is 2. The van der Waals surface area contributed by atoms with Gasteiger partial charge in [-0.2, -0.15) is 9.61 Å². The van der Waals surface area contributed by atoms with Gasteiger partial charge in [0.05, 0.1) is 7.11 Å². The average molecular weight is 378 g/mol. The van der Waals surface area contributed by atoms with E-state index >= 15 is 0 Å². The Bertz CT molecular complexity index is 1210. The topological polar surface area (TPSA) is 74.7 Å². The number of hydrogen-bond donors (Lipinski definition) is 0. The molecule has 0 bridgehead atoms. The molecule has 3 aromatic heterocycles. The maximum atomic E-state index is 5.88. The van der Waals surface area contributed by atoms with Crippen LogP contribution in [-0.4, -0.2) is 26.9 Å². The monoisotopic (exact) mass is 378 g/mol. The minimum Gasteiger partial charge on any atom is -0.493 e. The van der Waals surface area contributed by atoms with Crippen LogP contribution in [0, 0.1) is 0 Å². The molecule has 7 nitrogen and oxygen atoms in total. The first-order chi connectivity index (χ1) is 13.3. The summed E-state index contributed by atoms with van der Waals surface area (Å²) in [7, 11) is 1.62.